The number of fused-ring (bicyclic) bond motifs is 7. The third-order valence-electron chi connectivity index (χ3n) is 15.4. The monoisotopic (exact) mass is 623 g/mol. The first-order chi connectivity index (χ1) is 20.7. The minimum atomic E-state index is -0.644. The molecule has 0 aromatic rings. The molecule has 5 nitrogen and oxygen atoms in total. The summed E-state index contributed by atoms with van der Waals surface area (Å²) in [5.74, 6) is 2.22. The highest BCUT2D eigenvalue weighted by Crippen LogP contribution is 2.77. The van der Waals surface area contributed by atoms with Crippen molar-refractivity contribution in [3.8, 4) is 0 Å². The quantitative estimate of drug-likeness (QED) is 0.237. The number of amides is 1. The number of ketones is 1. The summed E-state index contributed by atoms with van der Waals surface area (Å²) in [4.78, 5) is 41.4. The zero-order valence-corrected chi connectivity index (χ0v) is 30.7. The molecule has 45 heavy (non-hydrogen) atoms. The van der Waals surface area contributed by atoms with Crippen LogP contribution < -0.4 is 5.32 Å². The number of hydrogen-bond donors (Lipinski definition) is 1. The van der Waals surface area contributed by atoms with Gasteiger partial charge in [-0.25, -0.2) is 4.79 Å². The maximum absolute atomic E-state index is 14.8. The number of nitrogens with one attached hydrogen (secondary N) is 1. The number of hydrogen-bond acceptors (Lipinski definition) is 4. The summed E-state index contributed by atoms with van der Waals surface area (Å²) in [5.41, 5.74) is 0.323. The second-order valence-corrected chi connectivity index (χ2v) is 18.9. The average molecular weight is 624 g/mol. The number of esters is 1. The van der Waals surface area contributed by atoms with E-state index in [1.807, 2.05) is 27.7 Å². The normalized spacial score (nSPS) is 43.5. The van der Waals surface area contributed by atoms with Crippen LogP contribution in [0.15, 0.2) is 12.2 Å². The summed E-state index contributed by atoms with van der Waals surface area (Å²) < 4.78 is 5.84. The Kier molecular flexibility index (Phi) is 8.64. The molecule has 0 heterocycles. The summed E-state index contributed by atoms with van der Waals surface area (Å²) >= 11 is 0. The van der Waals surface area contributed by atoms with Gasteiger partial charge in [0.15, 0.2) is 0 Å². The van der Waals surface area contributed by atoms with Crippen molar-refractivity contribution < 1.29 is 19.1 Å². The van der Waals surface area contributed by atoms with Gasteiger partial charge in [0.1, 0.15) is 17.4 Å². The number of ether oxygens (including phenoxy) is 1. The zero-order valence-electron chi connectivity index (χ0n) is 30.7. The van der Waals surface area contributed by atoms with Crippen molar-refractivity contribution >= 4 is 17.7 Å². The van der Waals surface area contributed by atoms with Crippen LogP contribution in [0.5, 0.6) is 0 Å². The fourth-order valence-corrected chi connectivity index (χ4v) is 12.7. The van der Waals surface area contributed by atoms with Crippen LogP contribution in [-0.4, -0.2) is 29.3 Å². The van der Waals surface area contributed by atoms with E-state index in [2.05, 4.69) is 60.4 Å². The van der Waals surface area contributed by atoms with Gasteiger partial charge in [-0.15, -0.1) is 0 Å². The molecule has 5 aliphatic carbocycles. The van der Waals surface area contributed by atoms with E-state index in [0.717, 1.165) is 51.4 Å². The molecular weight excluding hydrogens is 558 g/mol. The van der Waals surface area contributed by atoms with Crippen molar-refractivity contribution in [2.24, 2.45) is 62.6 Å². The third kappa shape index (κ3) is 5.09. The molecule has 254 valence electrons. The van der Waals surface area contributed by atoms with Crippen LogP contribution in [0.4, 0.5) is 0 Å². The fourth-order valence-electron chi connectivity index (χ4n) is 12.7. The molecule has 5 rings (SSSR count). The highest BCUT2D eigenvalue weighted by molar-refractivity contribution is 5.89. The molecule has 0 aromatic carbocycles. The lowest BCUT2D eigenvalue weighted by Gasteiger charge is -2.72. The van der Waals surface area contributed by atoms with Gasteiger partial charge in [-0.1, -0.05) is 67.0 Å². The van der Waals surface area contributed by atoms with Gasteiger partial charge in [0.2, 0.25) is 5.91 Å². The standard InChI is InChI=1S/C40H65NO4/c1-13-25(4)32(33(43)45-35(5,6)7)41-34(44)40-21-16-26(24(2)3)31(40)27-14-15-29-37(10)19-18-30(42)36(8,9)28(37)17-20-39(29,12)38(27,11)22-23-40/h25-29,31-32H,2,13-23H2,1,3-12H3,(H,41,44)/t25-,26+,27-,28+,29-,31-,32+,37+,38-,39-,40+/m1/s1. The topological polar surface area (TPSA) is 72.5 Å². The van der Waals surface area contributed by atoms with E-state index < -0.39 is 17.1 Å². The molecule has 0 bridgehead atoms. The molecule has 5 heteroatoms. The first-order valence-corrected chi connectivity index (χ1v) is 18.4. The molecule has 0 saturated heterocycles. The van der Waals surface area contributed by atoms with E-state index in [4.69, 9.17) is 4.74 Å². The summed E-state index contributed by atoms with van der Waals surface area (Å²) in [6.45, 7) is 28.6. The molecule has 1 N–H and O–H groups in total. The van der Waals surface area contributed by atoms with Gasteiger partial charge in [0.05, 0.1) is 5.41 Å². The Balaban J connectivity index is 1.50. The Bertz CT molecular complexity index is 1230. The van der Waals surface area contributed by atoms with Crippen molar-refractivity contribution in [2.45, 2.75) is 158 Å². The van der Waals surface area contributed by atoms with Crippen LogP contribution in [0, 0.1) is 62.6 Å². The van der Waals surface area contributed by atoms with Crippen molar-refractivity contribution in [2.75, 3.05) is 0 Å². The van der Waals surface area contributed by atoms with Gasteiger partial charge >= 0.3 is 5.97 Å². The van der Waals surface area contributed by atoms with Crippen LogP contribution in [0.2, 0.25) is 0 Å². The lowest BCUT2D eigenvalue weighted by Crippen LogP contribution is -2.67. The van der Waals surface area contributed by atoms with Crippen molar-refractivity contribution in [3.63, 3.8) is 0 Å². The fraction of sp³-hybridized carbons (Fsp3) is 0.875. The summed E-state index contributed by atoms with van der Waals surface area (Å²) in [5, 5.41) is 3.34. The van der Waals surface area contributed by atoms with Crippen LogP contribution in [0.3, 0.4) is 0 Å². The van der Waals surface area contributed by atoms with Gasteiger partial charge in [-0.3, -0.25) is 9.59 Å². The van der Waals surface area contributed by atoms with Crippen molar-refractivity contribution in [1.29, 1.82) is 0 Å². The molecule has 5 fully saturated rings. The van der Waals surface area contributed by atoms with Gasteiger partial charge < -0.3 is 10.1 Å². The molecule has 0 aromatic heterocycles. The van der Waals surface area contributed by atoms with Gasteiger partial charge in [0.25, 0.3) is 0 Å². The number of carbonyl (C=O) groups excluding carboxylic acids is 3. The van der Waals surface area contributed by atoms with E-state index in [0.29, 0.717) is 35.9 Å². The van der Waals surface area contributed by atoms with Crippen molar-refractivity contribution in [3.05, 3.63) is 12.2 Å². The molecule has 5 aliphatic rings. The summed E-state index contributed by atoms with van der Waals surface area (Å²) in [7, 11) is 0. The largest absolute Gasteiger partial charge is 0.458 e. The van der Waals surface area contributed by atoms with Crippen LogP contribution in [0.25, 0.3) is 0 Å². The first kappa shape index (κ1) is 34.7. The Morgan fingerprint density at radius 1 is 0.933 bits per heavy atom. The van der Waals surface area contributed by atoms with E-state index in [9.17, 15) is 14.4 Å². The lowest BCUT2D eigenvalue weighted by atomic mass is 9.32. The third-order valence-corrected chi connectivity index (χ3v) is 15.4. The molecule has 0 spiro atoms. The molecule has 0 radical (unpaired) electrons. The first-order valence-electron chi connectivity index (χ1n) is 18.4. The van der Waals surface area contributed by atoms with E-state index >= 15 is 0 Å². The maximum Gasteiger partial charge on any atom is 0.329 e. The predicted molar refractivity (Wildman–Crippen MR) is 181 cm³/mol. The summed E-state index contributed by atoms with van der Waals surface area (Å²) in [6.07, 6.45) is 10.9. The second-order valence-electron chi connectivity index (χ2n) is 18.9. The van der Waals surface area contributed by atoms with Gasteiger partial charge in [0, 0.05) is 11.8 Å². The summed E-state index contributed by atoms with van der Waals surface area (Å²) in [6, 6.07) is -0.644. The minimum Gasteiger partial charge on any atom is -0.458 e. The van der Waals surface area contributed by atoms with Gasteiger partial charge in [-0.05, 0) is 137 Å². The number of Topliss-reactive ketones (excluding diaryl/α,β-unsaturated/α-hetero) is 1. The number of allylic oxidation sites excluding steroid dienone is 1. The van der Waals surface area contributed by atoms with E-state index in [-0.39, 0.29) is 45.4 Å². The van der Waals surface area contributed by atoms with Crippen LogP contribution >= 0.6 is 0 Å². The zero-order chi connectivity index (χ0) is 33.5. The SMILES string of the molecule is C=C(C)[C@@H]1CC[C@]2(C(=O)N[C@H](C(=O)OC(C)(C)C)[C@H](C)CC)CC[C@]3(C)[C@H](CC[C@@H]4[C@@]5(C)CCC(=O)C(C)(C)[C@@H]5CC[C@]43C)[C@@H]12. The van der Waals surface area contributed by atoms with Crippen molar-refractivity contribution in [1.82, 2.24) is 5.32 Å². The second kappa shape index (κ2) is 11.2. The highest BCUT2D eigenvalue weighted by atomic mass is 16.6. The molecule has 1 amide bonds. The minimum absolute atomic E-state index is 0.0113. The lowest BCUT2D eigenvalue weighted by molar-refractivity contribution is -0.233. The molecule has 5 saturated carbocycles. The Labute approximate surface area is 274 Å². The van der Waals surface area contributed by atoms with Crippen LogP contribution in [0.1, 0.15) is 147 Å². The Morgan fingerprint density at radius 2 is 1.60 bits per heavy atom. The number of carbonyl (C=O) groups is 3. The van der Waals surface area contributed by atoms with Gasteiger partial charge in [-0.2, -0.15) is 0 Å². The number of rotatable bonds is 6. The average Bonchev–Trinajstić information content (AvgIpc) is 3.34. The molecular formula is C40H65NO4. The highest BCUT2D eigenvalue weighted by Gasteiger charge is 2.72. The molecule has 0 aliphatic heterocycles. The Hall–Kier alpha value is -1.65. The molecule has 0 unspecified atom stereocenters. The van der Waals surface area contributed by atoms with E-state index in [1.165, 1.54) is 18.4 Å². The van der Waals surface area contributed by atoms with E-state index in [1.54, 1.807) is 0 Å². The Morgan fingerprint density at radius 3 is 2.20 bits per heavy atom. The predicted octanol–water partition coefficient (Wildman–Crippen LogP) is 9.09. The smallest absolute Gasteiger partial charge is 0.329 e. The van der Waals surface area contributed by atoms with Crippen LogP contribution in [-0.2, 0) is 19.1 Å². The maximum atomic E-state index is 14.8. The molecule has 11 atom stereocenters.